The summed E-state index contributed by atoms with van der Waals surface area (Å²) in [5.74, 6) is -0.131. The van der Waals surface area contributed by atoms with Crippen LogP contribution in [-0.2, 0) is 4.79 Å². The molecule has 0 amide bonds. The number of rotatable bonds is 3. The molecule has 0 aromatic rings. The molecule has 0 radical (unpaired) electrons. The maximum absolute atomic E-state index is 10.6. The number of hydrogen-bond donors (Lipinski definition) is 0. The fraction of sp³-hybridized carbons (Fsp3) is 0.667. The lowest BCUT2D eigenvalue weighted by molar-refractivity contribution is -0.112. The van der Waals surface area contributed by atoms with Crippen molar-refractivity contribution >= 4 is 5.78 Å². The zero-order valence-electron chi connectivity index (χ0n) is 8.05. The van der Waals surface area contributed by atoms with Crippen LogP contribution in [0.3, 0.4) is 0 Å². The Morgan fingerprint density at radius 3 is 2.17 bits per heavy atom. The Bertz CT molecular complexity index is 211. The third kappa shape index (κ3) is 5.77. The van der Waals surface area contributed by atoms with Crippen LogP contribution in [0.15, 0.2) is 16.9 Å². The Morgan fingerprint density at radius 2 is 1.92 bits per heavy atom. The van der Waals surface area contributed by atoms with Crippen molar-refractivity contribution in [1.82, 2.24) is 0 Å². The molecule has 0 aliphatic carbocycles. The van der Waals surface area contributed by atoms with E-state index in [1.807, 2.05) is 20.8 Å². The van der Waals surface area contributed by atoms with Crippen LogP contribution in [0.5, 0.6) is 0 Å². The van der Waals surface area contributed by atoms with Gasteiger partial charge in [-0.3, -0.25) is 4.79 Å². The lowest BCUT2D eigenvalue weighted by Gasteiger charge is -2.16. The van der Waals surface area contributed by atoms with Gasteiger partial charge >= 0.3 is 0 Å². The fourth-order valence-electron chi connectivity index (χ4n) is 0.888. The van der Waals surface area contributed by atoms with Crippen molar-refractivity contribution in [2.24, 2.45) is 10.6 Å². The molecular formula is C9H15NO2. The topological polar surface area (TPSA) is 46.5 Å². The molecule has 0 saturated heterocycles. The van der Waals surface area contributed by atoms with Crippen LogP contribution in [-0.4, -0.2) is 5.78 Å². The molecule has 12 heavy (non-hydrogen) atoms. The molecule has 0 atom stereocenters. The second kappa shape index (κ2) is 4.14. The van der Waals surface area contributed by atoms with Gasteiger partial charge in [-0.05, 0) is 23.9 Å². The Morgan fingerprint density at radius 1 is 1.42 bits per heavy atom. The molecule has 3 nitrogen and oxygen atoms in total. The molecule has 0 heterocycles. The third-order valence-corrected chi connectivity index (χ3v) is 1.20. The smallest absolute Gasteiger partial charge is 0.154 e. The summed E-state index contributed by atoms with van der Waals surface area (Å²) in [6.07, 6.45) is 1.83. The van der Waals surface area contributed by atoms with E-state index in [0.717, 1.165) is 0 Å². The van der Waals surface area contributed by atoms with E-state index in [9.17, 15) is 9.70 Å². The van der Waals surface area contributed by atoms with Crippen molar-refractivity contribution in [2.75, 3.05) is 0 Å². The van der Waals surface area contributed by atoms with Gasteiger partial charge < -0.3 is 0 Å². The van der Waals surface area contributed by atoms with Crippen LogP contribution in [0, 0.1) is 10.3 Å². The van der Waals surface area contributed by atoms with Gasteiger partial charge in [0, 0.05) is 6.08 Å². The van der Waals surface area contributed by atoms with E-state index in [-0.39, 0.29) is 11.2 Å². The van der Waals surface area contributed by atoms with Crippen LogP contribution in [0.25, 0.3) is 0 Å². The fourth-order valence-corrected chi connectivity index (χ4v) is 0.888. The number of nitrogens with zero attached hydrogens (tertiary/aromatic N) is 1. The molecule has 0 aromatic carbocycles. The molecule has 0 saturated carbocycles. The molecule has 3 heteroatoms. The second-order valence-corrected chi connectivity index (χ2v) is 4.08. The highest BCUT2D eigenvalue weighted by molar-refractivity contribution is 5.87. The highest BCUT2D eigenvalue weighted by atomic mass is 16.3. The van der Waals surface area contributed by atoms with Gasteiger partial charge in [0.2, 0.25) is 0 Å². The zero-order chi connectivity index (χ0) is 9.78. The van der Waals surface area contributed by atoms with E-state index >= 15 is 0 Å². The third-order valence-electron chi connectivity index (χ3n) is 1.20. The van der Waals surface area contributed by atoms with E-state index in [0.29, 0.717) is 12.1 Å². The number of allylic oxidation sites excluding steroid dienone is 2. The van der Waals surface area contributed by atoms with Crippen LogP contribution in [0.4, 0.5) is 0 Å². The van der Waals surface area contributed by atoms with Crippen LogP contribution in [0.1, 0.15) is 34.1 Å². The number of nitroso groups, excluding NO2 is 1. The maximum atomic E-state index is 10.6. The van der Waals surface area contributed by atoms with Crippen molar-refractivity contribution in [3.63, 3.8) is 0 Å². The summed E-state index contributed by atoms with van der Waals surface area (Å²) < 4.78 is 0. The van der Waals surface area contributed by atoms with E-state index < -0.39 is 0 Å². The highest BCUT2D eigenvalue weighted by Gasteiger charge is 2.13. The molecule has 0 bridgehead atoms. The summed E-state index contributed by atoms with van der Waals surface area (Å²) in [6.45, 7) is 7.39. The minimum Gasteiger partial charge on any atom is -0.295 e. The molecule has 0 fully saturated rings. The van der Waals surface area contributed by atoms with Gasteiger partial charge in [0.05, 0.1) is 5.70 Å². The number of ketones is 1. The molecule has 0 unspecified atom stereocenters. The maximum Gasteiger partial charge on any atom is 0.154 e. The van der Waals surface area contributed by atoms with E-state index in [1.54, 1.807) is 0 Å². The predicted octanol–water partition coefficient (Wildman–Crippen LogP) is 2.66. The molecule has 0 aliphatic rings. The molecule has 0 N–H and O–H groups in total. The number of carbonyl (C=O) groups is 1. The van der Waals surface area contributed by atoms with Crippen LogP contribution >= 0.6 is 0 Å². The van der Waals surface area contributed by atoms with Gasteiger partial charge in [-0.1, -0.05) is 20.8 Å². The van der Waals surface area contributed by atoms with Gasteiger partial charge in [-0.2, -0.15) is 0 Å². The summed E-state index contributed by atoms with van der Waals surface area (Å²) in [5.41, 5.74) is 0.324. The highest BCUT2D eigenvalue weighted by Crippen LogP contribution is 2.24. The van der Waals surface area contributed by atoms with Gasteiger partial charge in [0.25, 0.3) is 0 Å². The standard InChI is InChI=1S/C9H15NO2/c1-7(11)5-8(10-12)6-9(2,3)4/h5H,6H2,1-4H3/b8-5-. The lowest BCUT2D eigenvalue weighted by atomic mass is 9.90. The first kappa shape index (κ1) is 11.0. The minimum absolute atomic E-state index is 0.00477. The first-order valence-electron chi connectivity index (χ1n) is 3.89. The van der Waals surface area contributed by atoms with E-state index in [2.05, 4.69) is 5.18 Å². The first-order valence-corrected chi connectivity index (χ1v) is 3.89. The summed E-state index contributed by atoms with van der Waals surface area (Å²) in [5, 5.41) is 2.80. The number of carbonyl (C=O) groups excluding carboxylic acids is 1. The summed E-state index contributed by atoms with van der Waals surface area (Å²) in [6, 6.07) is 0. The van der Waals surface area contributed by atoms with Crippen molar-refractivity contribution in [3.05, 3.63) is 16.7 Å². The minimum atomic E-state index is -0.131. The second-order valence-electron chi connectivity index (χ2n) is 4.08. The number of hydrogen-bond acceptors (Lipinski definition) is 3. The van der Waals surface area contributed by atoms with Crippen molar-refractivity contribution in [3.8, 4) is 0 Å². The molecule has 0 aromatic heterocycles. The normalized spacial score (nSPS) is 12.8. The van der Waals surface area contributed by atoms with Gasteiger partial charge in [-0.15, -0.1) is 4.91 Å². The van der Waals surface area contributed by atoms with Crippen LogP contribution in [0.2, 0.25) is 0 Å². The summed E-state index contributed by atoms with van der Waals surface area (Å²) in [4.78, 5) is 20.9. The largest absolute Gasteiger partial charge is 0.295 e. The molecule has 0 aliphatic heterocycles. The van der Waals surface area contributed by atoms with Crippen molar-refractivity contribution in [2.45, 2.75) is 34.1 Å². The molecule has 0 spiro atoms. The average Bonchev–Trinajstić information content (AvgIpc) is 1.82. The average molecular weight is 169 g/mol. The molecular weight excluding hydrogens is 154 g/mol. The van der Waals surface area contributed by atoms with E-state index in [1.165, 1.54) is 13.0 Å². The van der Waals surface area contributed by atoms with Gasteiger partial charge in [-0.25, -0.2) is 0 Å². The molecule has 0 rings (SSSR count). The summed E-state index contributed by atoms with van der Waals surface area (Å²) in [7, 11) is 0. The monoisotopic (exact) mass is 169 g/mol. The van der Waals surface area contributed by atoms with Gasteiger partial charge in [0.1, 0.15) is 0 Å². The lowest BCUT2D eigenvalue weighted by Crippen LogP contribution is -2.06. The predicted molar refractivity (Wildman–Crippen MR) is 48.6 cm³/mol. The zero-order valence-corrected chi connectivity index (χ0v) is 8.05. The Balaban J connectivity index is 4.39. The molecule has 68 valence electrons. The Kier molecular flexibility index (Phi) is 3.80. The van der Waals surface area contributed by atoms with E-state index in [4.69, 9.17) is 0 Å². The first-order chi connectivity index (χ1) is 5.35. The van der Waals surface area contributed by atoms with Crippen LogP contribution < -0.4 is 0 Å². The van der Waals surface area contributed by atoms with Crippen molar-refractivity contribution < 1.29 is 4.79 Å². The quantitative estimate of drug-likeness (QED) is 0.481. The Labute approximate surface area is 72.8 Å². The summed E-state index contributed by atoms with van der Waals surface area (Å²) >= 11 is 0. The SMILES string of the molecule is CC(=O)/C=C(/CC(C)(C)C)N=O. The Hall–Kier alpha value is -0.990. The van der Waals surface area contributed by atoms with Crippen molar-refractivity contribution in [1.29, 1.82) is 0 Å². The van der Waals surface area contributed by atoms with Gasteiger partial charge in [0.15, 0.2) is 5.78 Å².